The highest BCUT2D eigenvalue weighted by Crippen LogP contribution is 2.24. The molecule has 0 saturated carbocycles. The number of benzene rings is 2. The van der Waals surface area contributed by atoms with Crippen LogP contribution in [-0.4, -0.2) is 37.1 Å². The van der Waals surface area contributed by atoms with Crippen molar-refractivity contribution in [2.24, 2.45) is 0 Å². The Balaban J connectivity index is 1.28. The van der Waals surface area contributed by atoms with Crippen LogP contribution < -0.4 is 20.3 Å². The number of nitrogens with one attached hydrogen (secondary N) is 2. The Morgan fingerprint density at radius 1 is 1.10 bits per heavy atom. The van der Waals surface area contributed by atoms with Crippen LogP contribution in [0.2, 0.25) is 0 Å². The van der Waals surface area contributed by atoms with Gasteiger partial charge in [0.05, 0.1) is 12.7 Å². The van der Waals surface area contributed by atoms with Crippen molar-refractivity contribution in [1.82, 2.24) is 10.3 Å². The first-order chi connectivity index (χ1) is 15.2. The molecule has 6 nitrogen and oxygen atoms in total. The number of ether oxygens (including phenoxy) is 1. The van der Waals surface area contributed by atoms with Gasteiger partial charge in [-0.15, -0.1) is 0 Å². The van der Waals surface area contributed by atoms with Gasteiger partial charge >= 0.3 is 0 Å². The molecule has 31 heavy (non-hydrogen) atoms. The Hall–Kier alpha value is -3.38. The molecule has 0 unspecified atom stereocenters. The lowest BCUT2D eigenvalue weighted by Gasteiger charge is -2.34. The van der Waals surface area contributed by atoms with E-state index in [1.54, 1.807) is 31.6 Å². The summed E-state index contributed by atoms with van der Waals surface area (Å²) in [7, 11) is 1.69. The molecule has 1 saturated heterocycles. The van der Waals surface area contributed by atoms with Gasteiger partial charge in [-0.05, 0) is 60.9 Å². The van der Waals surface area contributed by atoms with Crippen molar-refractivity contribution in [3.05, 3.63) is 84.2 Å². The van der Waals surface area contributed by atoms with E-state index in [1.807, 2.05) is 30.3 Å². The predicted molar refractivity (Wildman–Crippen MR) is 124 cm³/mol. The molecule has 4 rings (SSSR count). The second kappa shape index (κ2) is 10.1. The average molecular weight is 417 g/mol. The third-order valence-electron chi connectivity index (χ3n) is 5.64. The lowest BCUT2D eigenvalue weighted by Crippen LogP contribution is -2.42. The standard InChI is InChI=1S/C25H28N4O2/c1-31-24-9-7-19(8-10-24)17-27-21-11-14-29(15-12-21)23-6-2-5-22(16-23)28-25(30)20-4-3-13-26-18-20/h2-10,13,16,18,21,27H,11-12,14-15,17H2,1H3,(H,28,30). The third kappa shape index (κ3) is 5.61. The summed E-state index contributed by atoms with van der Waals surface area (Å²) in [4.78, 5) is 18.8. The number of hydrogen-bond acceptors (Lipinski definition) is 5. The van der Waals surface area contributed by atoms with Crippen LogP contribution in [0.15, 0.2) is 73.1 Å². The number of piperidine rings is 1. The lowest BCUT2D eigenvalue weighted by molar-refractivity contribution is 0.102. The molecule has 1 aliphatic heterocycles. The maximum absolute atomic E-state index is 12.4. The zero-order valence-corrected chi connectivity index (χ0v) is 17.8. The highest BCUT2D eigenvalue weighted by molar-refractivity contribution is 6.04. The monoisotopic (exact) mass is 416 g/mol. The van der Waals surface area contributed by atoms with E-state index in [9.17, 15) is 4.79 Å². The fourth-order valence-corrected chi connectivity index (χ4v) is 3.83. The lowest BCUT2D eigenvalue weighted by atomic mass is 10.0. The van der Waals surface area contributed by atoms with E-state index in [0.717, 1.165) is 49.6 Å². The molecule has 0 atom stereocenters. The number of amides is 1. The molecule has 0 bridgehead atoms. The number of rotatable bonds is 7. The highest BCUT2D eigenvalue weighted by Gasteiger charge is 2.19. The second-order valence-electron chi connectivity index (χ2n) is 7.74. The number of nitrogens with zero attached hydrogens (tertiary/aromatic N) is 2. The van der Waals surface area contributed by atoms with Gasteiger partial charge in [0.1, 0.15) is 5.75 Å². The zero-order valence-electron chi connectivity index (χ0n) is 17.8. The first kappa shape index (κ1) is 20.9. The topological polar surface area (TPSA) is 66.5 Å². The maximum atomic E-state index is 12.4. The van der Waals surface area contributed by atoms with Gasteiger partial charge in [-0.25, -0.2) is 0 Å². The Bertz CT molecular complexity index is 984. The van der Waals surface area contributed by atoms with E-state index in [2.05, 4.69) is 38.7 Å². The van der Waals surface area contributed by atoms with Crippen molar-refractivity contribution in [2.75, 3.05) is 30.4 Å². The minimum absolute atomic E-state index is 0.147. The zero-order chi connectivity index (χ0) is 21.5. The molecule has 1 amide bonds. The van der Waals surface area contributed by atoms with E-state index in [4.69, 9.17) is 4.74 Å². The van der Waals surface area contributed by atoms with Crippen LogP contribution in [0.4, 0.5) is 11.4 Å². The van der Waals surface area contributed by atoms with Gasteiger partial charge in [-0.1, -0.05) is 18.2 Å². The second-order valence-corrected chi connectivity index (χ2v) is 7.74. The molecular formula is C25H28N4O2. The van der Waals surface area contributed by atoms with Crippen LogP contribution in [0.3, 0.4) is 0 Å². The van der Waals surface area contributed by atoms with Gasteiger partial charge < -0.3 is 20.3 Å². The minimum atomic E-state index is -0.147. The molecule has 3 aromatic rings. The van der Waals surface area contributed by atoms with Gasteiger partial charge in [0.15, 0.2) is 0 Å². The molecular weight excluding hydrogens is 388 g/mol. The van der Waals surface area contributed by atoms with E-state index in [-0.39, 0.29) is 5.91 Å². The molecule has 160 valence electrons. The molecule has 2 aromatic carbocycles. The molecule has 0 spiro atoms. The van der Waals surface area contributed by atoms with Crippen molar-refractivity contribution in [3.8, 4) is 5.75 Å². The number of aromatic nitrogens is 1. The summed E-state index contributed by atoms with van der Waals surface area (Å²) in [6, 6.07) is 20.3. The molecule has 2 heterocycles. The van der Waals surface area contributed by atoms with E-state index in [1.165, 1.54) is 5.56 Å². The van der Waals surface area contributed by atoms with Crippen molar-refractivity contribution in [3.63, 3.8) is 0 Å². The molecule has 0 radical (unpaired) electrons. The van der Waals surface area contributed by atoms with Crippen LogP contribution in [-0.2, 0) is 6.54 Å². The first-order valence-corrected chi connectivity index (χ1v) is 10.6. The predicted octanol–water partition coefficient (Wildman–Crippen LogP) is 4.10. The first-order valence-electron chi connectivity index (χ1n) is 10.6. The molecule has 6 heteroatoms. The van der Waals surface area contributed by atoms with Gasteiger partial charge in [0.2, 0.25) is 0 Å². The van der Waals surface area contributed by atoms with Crippen LogP contribution in [0.25, 0.3) is 0 Å². The third-order valence-corrected chi connectivity index (χ3v) is 5.64. The largest absolute Gasteiger partial charge is 0.497 e. The summed E-state index contributed by atoms with van der Waals surface area (Å²) < 4.78 is 5.22. The highest BCUT2D eigenvalue weighted by atomic mass is 16.5. The van der Waals surface area contributed by atoms with Crippen molar-refractivity contribution in [1.29, 1.82) is 0 Å². The van der Waals surface area contributed by atoms with Crippen LogP contribution >= 0.6 is 0 Å². The quantitative estimate of drug-likeness (QED) is 0.607. The number of carbonyl (C=O) groups is 1. The fourth-order valence-electron chi connectivity index (χ4n) is 3.83. The van der Waals surface area contributed by atoms with Gasteiger partial charge in [0.25, 0.3) is 5.91 Å². The van der Waals surface area contributed by atoms with Crippen molar-refractivity contribution < 1.29 is 9.53 Å². The SMILES string of the molecule is COc1ccc(CNC2CCN(c3cccc(NC(=O)c4cccnc4)c3)CC2)cc1. The van der Waals surface area contributed by atoms with E-state index in [0.29, 0.717) is 11.6 Å². The van der Waals surface area contributed by atoms with Gasteiger partial charge in [-0.3, -0.25) is 9.78 Å². The van der Waals surface area contributed by atoms with Gasteiger partial charge in [0, 0.05) is 49.4 Å². The van der Waals surface area contributed by atoms with Crippen LogP contribution in [0, 0.1) is 0 Å². The number of carbonyl (C=O) groups excluding carboxylic acids is 1. The summed E-state index contributed by atoms with van der Waals surface area (Å²) in [5.41, 5.74) is 3.75. The number of anilines is 2. The number of methoxy groups -OCH3 is 1. The van der Waals surface area contributed by atoms with E-state index < -0.39 is 0 Å². The van der Waals surface area contributed by atoms with Crippen molar-refractivity contribution >= 4 is 17.3 Å². The van der Waals surface area contributed by atoms with E-state index >= 15 is 0 Å². The summed E-state index contributed by atoms with van der Waals surface area (Å²) >= 11 is 0. The maximum Gasteiger partial charge on any atom is 0.257 e. The van der Waals surface area contributed by atoms with Crippen LogP contribution in [0.5, 0.6) is 5.75 Å². The molecule has 2 N–H and O–H groups in total. The average Bonchev–Trinajstić information content (AvgIpc) is 2.84. The Kier molecular flexibility index (Phi) is 6.79. The summed E-state index contributed by atoms with van der Waals surface area (Å²) in [5, 5.41) is 6.64. The summed E-state index contributed by atoms with van der Waals surface area (Å²) in [6.07, 6.45) is 5.40. The molecule has 1 aromatic heterocycles. The molecule has 0 aliphatic carbocycles. The Morgan fingerprint density at radius 3 is 2.61 bits per heavy atom. The van der Waals surface area contributed by atoms with Crippen LogP contribution in [0.1, 0.15) is 28.8 Å². The normalized spacial score (nSPS) is 14.3. The fraction of sp³-hybridized carbons (Fsp3) is 0.280. The number of pyridine rings is 1. The Morgan fingerprint density at radius 2 is 1.90 bits per heavy atom. The Labute approximate surface area is 183 Å². The van der Waals surface area contributed by atoms with Gasteiger partial charge in [-0.2, -0.15) is 0 Å². The summed E-state index contributed by atoms with van der Waals surface area (Å²) in [5.74, 6) is 0.739. The summed E-state index contributed by atoms with van der Waals surface area (Å²) in [6.45, 7) is 2.84. The minimum Gasteiger partial charge on any atom is -0.497 e. The van der Waals surface area contributed by atoms with Crippen molar-refractivity contribution in [2.45, 2.75) is 25.4 Å². The molecule has 1 fully saturated rings. The number of hydrogen-bond donors (Lipinski definition) is 2. The molecule has 1 aliphatic rings. The smallest absolute Gasteiger partial charge is 0.257 e.